The predicted octanol–water partition coefficient (Wildman–Crippen LogP) is 19.9. The first-order chi connectivity index (χ1) is 34.5. The van der Waals surface area contributed by atoms with Gasteiger partial charge in [-0.25, -0.2) is 0 Å². The fraction of sp³-hybridized carbons (Fsp3) is 0.734. The molecule has 0 aliphatic heterocycles. The minimum Gasteiger partial charge on any atom is -0.462 e. The molecule has 0 aromatic carbocycles. The lowest BCUT2D eigenvalue weighted by Gasteiger charge is -2.18. The minimum absolute atomic E-state index is 0.0958. The van der Waals surface area contributed by atoms with Crippen molar-refractivity contribution in [2.75, 3.05) is 13.2 Å². The van der Waals surface area contributed by atoms with Crippen LogP contribution in [0.1, 0.15) is 284 Å². The maximum absolute atomic E-state index is 12.9. The van der Waals surface area contributed by atoms with Crippen molar-refractivity contribution in [1.29, 1.82) is 0 Å². The predicted molar refractivity (Wildman–Crippen MR) is 302 cm³/mol. The van der Waals surface area contributed by atoms with E-state index in [1.807, 2.05) is 0 Å². The SMILES string of the molecule is CCCC/C=C\C/C=C\CCCCCCCC(=O)OC[C@H](COC(=O)CCCCC/C=C\C/C=C\C/C=C\C/C=C\CCCCC)OC(=O)CCCCCCCCC/C=C\CCCCCCCCCC. The maximum Gasteiger partial charge on any atom is 0.306 e. The van der Waals surface area contributed by atoms with E-state index in [1.165, 1.54) is 135 Å². The lowest BCUT2D eigenvalue weighted by atomic mass is 10.1. The van der Waals surface area contributed by atoms with Crippen molar-refractivity contribution in [3.8, 4) is 0 Å². The Labute approximate surface area is 433 Å². The first-order valence-electron chi connectivity index (χ1n) is 29.6. The molecule has 0 aromatic heterocycles. The van der Waals surface area contributed by atoms with Gasteiger partial charge in [-0.15, -0.1) is 0 Å². The molecule has 0 bridgehead atoms. The number of hydrogen-bond donors (Lipinski definition) is 0. The van der Waals surface area contributed by atoms with Gasteiger partial charge in [-0.2, -0.15) is 0 Å². The van der Waals surface area contributed by atoms with Crippen LogP contribution in [0, 0.1) is 0 Å². The molecule has 0 spiro atoms. The average Bonchev–Trinajstić information content (AvgIpc) is 3.36. The molecule has 402 valence electrons. The summed E-state index contributed by atoms with van der Waals surface area (Å²) >= 11 is 0. The van der Waals surface area contributed by atoms with Crippen molar-refractivity contribution in [1.82, 2.24) is 0 Å². The molecule has 0 N–H and O–H groups in total. The molecule has 70 heavy (non-hydrogen) atoms. The van der Waals surface area contributed by atoms with Crippen LogP contribution in [0.2, 0.25) is 0 Å². The Morgan fingerprint density at radius 1 is 0.286 bits per heavy atom. The molecule has 1 atom stereocenters. The van der Waals surface area contributed by atoms with E-state index in [1.54, 1.807) is 0 Å². The number of hydrogen-bond acceptors (Lipinski definition) is 6. The fourth-order valence-electron chi connectivity index (χ4n) is 8.08. The van der Waals surface area contributed by atoms with Crippen molar-refractivity contribution in [2.24, 2.45) is 0 Å². The molecule has 0 unspecified atom stereocenters. The second kappa shape index (κ2) is 58.2. The molecule has 0 rings (SSSR count). The Morgan fingerprint density at radius 2 is 0.529 bits per heavy atom. The lowest BCUT2D eigenvalue weighted by molar-refractivity contribution is -0.167. The molecule has 0 radical (unpaired) electrons. The molecular weight excluding hydrogens is 865 g/mol. The Hall–Kier alpha value is -3.41. The molecule has 0 aliphatic carbocycles. The van der Waals surface area contributed by atoms with Crippen molar-refractivity contribution in [2.45, 2.75) is 290 Å². The van der Waals surface area contributed by atoms with E-state index in [2.05, 4.69) is 106 Å². The average molecular weight is 976 g/mol. The van der Waals surface area contributed by atoms with Gasteiger partial charge in [0.25, 0.3) is 0 Å². The molecule has 0 aliphatic rings. The number of carbonyl (C=O) groups is 3. The molecule has 0 aromatic rings. The van der Waals surface area contributed by atoms with Crippen LogP contribution in [-0.4, -0.2) is 37.2 Å². The molecule has 6 heteroatoms. The molecule has 0 saturated heterocycles. The summed E-state index contributed by atoms with van der Waals surface area (Å²) in [6, 6.07) is 0. The van der Waals surface area contributed by atoms with E-state index in [9.17, 15) is 14.4 Å². The van der Waals surface area contributed by atoms with Crippen molar-refractivity contribution >= 4 is 17.9 Å². The Bertz CT molecular complexity index is 1350. The highest BCUT2D eigenvalue weighted by Crippen LogP contribution is 2.15. The van der Waals surface area contributed by atoms with Gasteiger partial charge >= 0.3 is 17.9 Å². The van der Waals surface area contributed by atoms with Crippen molar-refractivity contribution < 1.29 is 28.6 Å². The van der Waals surface area contributed by atoms with Crippen LogP contribution in [0.4, 0.5) is 0 Å². The van der Waals surface area contributed by atoms with E-state index in [4.69, 9.17) is 14.2 Å². The summed E-state index contributed by atoms with van der Waals surface area (Å²) in [4.78, 5) is 38.2. The van der Waals surface area contributed by atoms with Crippen LogP contribution >= 0.6 is 0 Å². The number of ether oxygens (including phenoxy) is 3. The van der Waals surface area contributed by atoms with Gasteiger partial charge in [-0.3, -0.25) is 14.4 Å². The largest absolute Gasteiger partial charge is 0.462 e. The van der Waals surface area contributed by atoms with Crippen LogP contribution in [0.25, 0.3) is 0 Å². The van der Waals surface area contributed by atoms with Gasteiger partial charge in [0.15, 0.2) is 6.10 Å². The molecular formula is C64H110O6. The summed E-state index contributed by atoms with van der Waals surface area (Å²) in [6.07, 6.45) is 75.7. The Morgan fingerprint density at radius 3 is 0.900 bits per heavy atom. The third-order valence-corrected chi connectivity index (χ3v) is 12.6. The maximum atomic E-state index is 12.9. The van der Waals surface area contributed by atoms with E-state index >= 15 is 0 Å². The Balaban J connectivity index is 4.45. The zero-order valence-corrected chi connectivity index (χ0v) is 46.0. The van der Waals surface area contributed by atoms with Gasteiger partial charge in [-0.05, 0) is 116 Å². The van der Waals surface area contributed by atoms with Gasteiger partial charge in [0, 0.05) is 19.3 Å². The van der Waals surface area contributed by atoms with Gasteiger partial charge in [0.2, 0.25) is 0 Å². The van der Waals surface area contributed by atoms with Crippen LogP contribution in [0.3, 0.4) is 0 Å². The highest BCUT2D eigenvalue weighted by atomic mass is 16.6. The van der Waals surface area contributed by atoms with E-state index in [0.717, 1.165) is 109 Å². The summed E-state index contributed by atoms with van der Waals surface area (Å²) in [6.45, 7) is 6.54. The van der Waals surface area contributed by atoms with E-state index < -0.39 is 6.10 Å². The summed E-state index contributed by atoms with van der Waals surface area (Å²) in [5, 5.41) is 0. The molecule has 6 nitrogen and oxygen atoms in total. The van der Waals surface area contributed by atoms with Gasteiger partial charge < -0.3 is 14.2 Å². The third-order valence-electron chi connectivity index (χ3n) is 12.6. The zero-order chi connectivity index (χ0) is 50.7. The number of unbranched alkanes of at least 4 members (excludes halogenated alkanes) is 28. The summed E-state index contributed by atoms with van der Waals surface area (Å²) in [5.41, 5.74) is 0. The first kappa shape index (κ1) is 66.6. The van der Waals surface area contributed by atoms with Gasteiger partial charge in [0.05, 0.1) is 0 Å². The normalized spacial score (nSPS) is 12.7. The zero-order valence-electron chi connectivity index (χ0n) is 46.0. The third kappa shape index (κ3) is 55.5. The second-order valence-corrected chi connectivity index (χ2v) is 19.5. The molecule has 0 saturated carbocycles. The van der Waals surface area contributed by atoms with Crippen molar-refractivity contribution in [3.05, 3.63) is 85.1 Å². The van der Waals surface area contributed by atoms with Gasteiger partial charge in [0.1, 0.15) is 13.2 Å². The second-order valence-electron chi connectivity index (χ2n) is 19.5. The minimum atomic E-state index is -0.799. The van der Waals surface area contributed by atoms with Crippen LogP contribution in [0.15, 0.2) is 85.1 Å². The first-order valence-corrected chi connectivity index (χ1v) is 29.6. The van der Waals surface area contributed by atoms with E-state index in [-0.39, 0.29) is 31.1 Å². The molecule has 0 amide bonds. The lowest BCUT2D eigenvalue weighted by Crippen LogP contribution is -2.30. The monoisotopic (exact) mass is 975 g/mol. The fourth-order valence-corrected chi connectivity index (χ4v) is 8.08. The van der Waals surface area contributed by atoms with Gasteiger partial charge in [-0.1, -0.05) is 234 Å². The van der Waals surface area contributed by atoms with Crippen molar-refractivity contribution in [3.63, 3.8) is 0 Å². The summed E-state index contributed by atoms with van der Waals surface area (Å²) in [7, 11) is 0. The Kier molecular flexibility index (Phi) is 55.3. The summed E-state index contributed by atoms with van der Waals surface area (Å²) in [5.74, 6) is -0.938. The van der Waals surface area contributed by atoms with Crippen LogP contribution in [-0.2, 0) is 28.6 Å². The smallest absolute Gasteiger partial charge is 0.306 e. The molecule has 0 fully saturated rings. The number of esters is 3. The number of allylic oxidation sites excluding steroid dienone is 14. The highest BCUT2D eigenvalue weighted by molar-refractivity contribution is 5.71. The topological polar surface area (TPSA) is 78.9 Å². The van der Waals surface area contributed by atoms with E-state index in [0.29, 0.717) is 19.3 Å². The summed E-state index contributed by atoms with van der Waals surface area (Å²) < 4.78 is 16.8. The van der Waals surface area contributed by atoms with Crippen LogP contribution < -0.4 is 0 Å². The standard InChI is InChI=1S/C64H110O6/c1-4-7-10-13-16-19-22-25-28-30-32-34-36-39-42-45-48-51-54-57-63(66)69-60-61(59-68-62(65)56-53-50-47-44-41-38-27-24-21-18-15-12-9-6-3)70-64(67)58-55-52-49-46-43-40-37-35-33-31-29-26-23-20-17-14-11-8-5-2/h15-16,18-19,24-25,27-28,31-34,39,42,61H,4-14,17,20-23,26,29-30,35-38,40-41,43-60H2,1-3H3/b18-15-,19-16-,27-24-,28-25-,33-31-,34-32-,42-39-/t61-/m1/s1. The highest BCUT2D eigenvalue weighted by Gasteiger charge is 2.19. The quantitative estimate of drug-likeness (QED) is 0.0261. The molecule has 0 heterocycles. The number of carbonyl (C=O) groups excluding carboxylic acids is 3. The number of rotatable bonds is 53. The van der Waals surface area contributed by atoms with Crippen LogP contribution in [0.5, 0.6) is 0 Å².